The molecule has 0 bridgehead atoms. The van der Waals surface area contributed by atoms with Crippen LogP contribution in [-0.2, 0) is 18.5 Å². The molecular weight excluding hydrogens is 479 g/mol. The average molecular weight is 490 g/mol. The van der Waals surface area contributed by atoms with E-state index in [-0.39, 0.29) is 29.6 Å². The first-order valence-corrected chi connectivity index (χ1v) is 8.60. The number of anilines is 1. The lowest BCUT2D eigenvalue weighted by molar-refractivity contribution is -0.143. The molecule has 0 aromatic heterocycles. The number of rotatable bonds is 3. The van der Waals surface area contributed by atoms with E-state index in [1.54, 1.807) is 0 Å². The molecule has 174 valence electrons. The first-order chi connectivity index (χ1) is 14.5. The Morgan fingerprint density at radius 3 is 1.75 bits per heavy atom. The van der Waals surface area contributed by atoms with Gasteiger partial charge in [-0.15, -0.1) is 0 Å². The summed E-state index contributed by atoms with van der Waals surface area (Å²) in [6.07, 6.45) is -15.1. The maximum atomic E-state index is 12.9. The molecule has 0 unspecified atom stereocenters. The van der Waals surface area contributed by atoms with E-state index in [1.165, 1.54) is 0 Å². The Labute approximate surface area is 179 Å². The molecule has 0 spiro atoms. The minimum Gasteiger partial charge on any atom is -0.495 e. The molecule has 0 aliphatic heterocycles. The van der Waals surface area contributed by atoms with Crippen LogP contribution in [0.4, 0.5) is 45.2 Å². The predicted molar refractivity (Wildman–Crippen MR) is 98.1 cm³/mol. The molecular formula is C18H11F9N2O2S. The van der Waals surface area contributed by atoms with Gasteiger partial charge in [-0.05, 0) is 48.6 Å². The fourth-order valence-corrected chi connectivity index (χ4v) is 2.60. The number of methoxy groups -OCH3 is 1. The number of alkyl halides is 9. The lowest BCUT2D eigenvalue weighted by atomic mass is 10.0. The summed E-state index contributed by atoms with van der Waals surface area (Å²) in [4.78, 5) is 12.2. The summed E-state index contributed by atoms with van der Waals surface area (Å²) in [5.74, 6) is -1.59. The molecule has 4 nitrogen and oxygen atoms in total. The second-order valence-corrected chi connectivity index (χ2v) is 6.52. The summed E-state index contributed by atoms with van der Waals surface area (Å²) >= 11 is 4.74. The Hall–Kier alpha value is -3.03. The minimum absolute atomic E-state index is 0.131. The second kappa shape index (κ2) is 8.84. The largest absolute Gasteiger partial charge is 0.495 e. The van der Waals surface area contributed by atoms with Gasteiger partial charge in [-0.1, -0.05) is 0 Å². The van der Waals surface area contributed by atoms with Gasteiger partial charge in [-0.3, -0.25) is 10.1 Å². The molecule has 0 fully saturated rings. The molecule has 0 radical (unpaired) electrons. The third-order valence-electron chi connectivity index (χ3n) is 3.85. The monoisotopic (exact) mass is 490 g/mol. The van der Waals surface area contributed by atoms with Crippen molar-refractivity contribution < 1.29 is 49.0 Å². The normalized spacial score (nSPS) is 12.3. The number of thiocarbonyl (C=S) groups is 1. The summed E-state index contributed by atoms with van der Waals surface area (Å²) in [5, 5.41) is 3.32. The maximum Gasteiger partial charge on any atom is 0.416 e. The number of carbonyl (C=O) groups is 1. The Bertz CT molecular complexity index is 998. The molecule has 0 saturated heterocycles. The zero-order valence-electron chi connectivity index (χ0n) is 15.6. The van der Waals surface area contributed by atoms with E-state index in [0.29, 0.717) is 12.1 Å². The quantitative estimate of drug-likeness (QED) is 0.417. The standard InChI is InChI=1S/C18H11F9N2O2S/c1-31-13-3-2-9(16(19,20)21)7-12(13)28-15(32)29-14(30)8-4-10(17(22,23)24)6-11(5-8)18(25,26)27/h2-7H,1H3,(H2,28,29,30,32). The number of carbonyl (C=O) groups excluding carboxylic acids is 1. The van der Waals surface area contributed by atoms with Gasteiger partial charge in [0.1, 0.15) is 5.75 Å². The third-order valence-corrected chi connectivity index (χ3v) is 4.06. The summed E-state index contributed by atoms with van der Waals surface area (Å²) < 4.78 is 121. The highest BCUT2D eigenvalue weighted by Gasteiger charge is 2.37. The van der Waals surface area contributed by atoms with Crippen molar-refractivity contribution in [2.45, 2.75) is 18.5 Å². The Kier molecular flexibility index (Phi) is 6.97. The van der Waals surface area contributed by atoms with E-state index in [4.69, 9.17) is 17.0 Å². The van der Waals surface area contributed by atoms with Gasteiger partial charge < -0.3 is 10.1 Å². The number of hydrogen-bond donors (Lipinski definition) is 2. The van der Waals surface area contributed by atoms with Gasteiger partial charge in [0.05, 0.1) is 29.5 Å². The molecule has 32 heavy (non-hydrogen) atoms. The van der Waals surface area contributed by atoms with Crippen molar-refractivity contribution in [1.29, 1.82) is 0 Å². The van der Waals surface area contributed by atoms with Crippen LogP contribution in [0.3, 0.4) is 0 Å². The van der Waals surface area contributed by atoms with Crippen LogP contribution in [0, 0.1) is 0 Å². The molecule has 1 amide bonds. The number of amides is 1. The molecule has 2 N–H and O–H groups in total. The van der Waals surface area contributed by atoms with Crippen molar-refractivity contribution in [2.75, 3.05) is 12.4 Å². The molecule has 0 heterocycles. The second-order valence-electron chi connectivity index (χ2n) is 6.12. The molecule has 0 aliphatic carbocycles. The van der Waals surface area contributed by atoms with E-state index >= 15 is 0 Å². The van der Waals surface area contributed by atoms with Gasteiger partial charge in [0, 0.05) is 5.56 Å². The molecule has 2 aromatic rings. The number of nitrogens with one attached hydrogen (secondary N) is 2. The zero-order chi connectivity index (χ0) is 24.5. The highest BCUT2D eigenvalue weighted by atomic mass is 32.1. The zero-order valence-corrected chi connectivity index (χ0v) is 16.4. The summed E-state index contributed by atoms with van der Waals surface area (Å²) in [7, 11) is 1.12. The first kappa shape index (κ1) is 25.2. The van der Waals surface area contributed by atoms with Crippen molar-refractivity contribution in [1.82, 2.24) is 5.32 Å². The summed E-state index contributed by atoms with van der Waals surface area (Å²) in [6, 6.07) is 2.42. The van der Waals surface area contributed by atoms with Crippen LogP contribution < -0.4 is 15.4 Å². The fourth-order valence-electron chi connectivity index (χ4n) is 2.40. The van der Waals surface area contributed by atoms with Crippen molar-refractivity contribution >= 4 is 28.9 Å². The fraction of sp³-hybridized carbons (Fsp3) is 0.222. The van der Waals surface area contributed by atoms with E-state index in [2.05, 4.69) is 5.32 Å². The summed E-state index contributed by atoms with van der Waals surface area (Å²) in [5.41, 5.74) is -5.94. The predicted octanol–water partition coefficient (Wildman–Crippen LogP) is 5.88. The number of ether oxygens (including phenoxy) is 1. The van der Waals surface area contributed by atoms with Gasteiger partial charge in [0.2, 0.25) is 0 Å². The van der Waals surface area contributed by atoms with Crippen LogP contribution >= 0.6 is 12.2 Å². The average Bonchev–Trinajstić information content (AvgIpc) is 2.65. The lowest BCUT2D eigenvalue weighted by Gasteiger charge is -2.16. The molecule has 0 saturated carbocycles. The van der Waals surface area contributed by atoms with Crippen LogP contribution in [0.5, 0.6) is 5.75 Å². The van der Waals surface area contributed by atoms with Gasteiger partial charge >= 0.3 is 18.5 Å². The van der Waals surface area contributed by atoms with E-state index in [1.807, 2.05) is 5.32 Å². The Morgan fingerprint density at radius 2 is 1.31 bits per heavy atom. The smallest absolute Gasteiger partial charge is 0.416 e. The van der Waals surface area contributed by atoms with Crippen molar-refractivity contribution in [3.8, 4) is 5.75 Å². The molecule has 0 atom stereocenters. The SMILES string of the molecule is COc1ccc(C(F)(F)F)cc1NC(=S)NC(=O)c1cc(C(F)(F)F)cc(C(F)(F)F)c1. The van der Waals surface area contributed by atoms with Crippen molar-refractivity contribution in [3.63, 3.8) is 0 Å². The van der Waals surface area contributed by atoms with E-state index < -0.39 is 51.8 Å². The Balaban J connectivity index is 2.31. The van der Waals surface area contributed by atoms with Crippen molar-refractivity contribution in [2.24, 2.45) is 0 Å². The Morgan fingerprint density at radius 1 is 0.812 bits per heavy atom. The topological polar surface area (TPSA) is 50.4 Å². The molecule has 14 heteroatoms. The van der Waals surface area contributed by atoms with Crippen molar-refractivity contribution in [3.05, 3.63) is 58.7 Å². The third kappa shape index (κ3) is 6.24. The van der Waals surface area contributed by atoms with Gasteiger partial charge in [-0.25, -0.2) is 0 Å². The molecule has 2 rings (SSSR count). The van der Waals surface area contributed by atoms with Crippen LogP contribution in [0.25, 0.3) is 0 Å². The van der Waals surface area contributed by atoms with E-state index in [0.717, 1.165) is 13.2 Å². The van der Waals surface area contributed by atoms with Gasteiger partial charge in [-0.2, -0.15) is 39.5 Å². The van der Waals surface area contributed by atoms with Crippen LogP contribution in [0.1, 0.15) is 27.0 Å². The van der Waals surface area contributed by atoms with Gasteiger partial charge in [0.25, 0.3) is 5.91 Å². The van der Waals surface area contributed by atoms with Crippen LogP contribution in [0.2, 0.25) is 0 Å². The highest BCUT2D eigenvalue weighted by Crippen LogP contribution is 2.37. The maximum absolute atomic E-state index is 12.9. The number of benzene rings is 2. The van der Waals surface area contributed by atoms with Crippen LogP contribution in [-0.4, -0.2) is 18.1 Å². The lowest BCUT2D eigenvalue weighted by Crippen LogP contribution is -2.34. The van der Waals surface area contributed by atoms with Crippen LogP contribution in [0.15, 0.2) is 36.4 Å². The number of halogens is 9. The summed E-state index contributed by atoms with van der Waals surface area (Å²) in [6.45, 7) is 0. The minimum atomic E-state index is -5.18. The first-order valence-electron chi connectivity index (χ1n) is 8.19. The van der Waals surface area contributed by atoms with Gasteiger partial charge in [0.15, 0.2) is 5.11 Å². The molecule has 2 aromatic carbocycles. The number of hydrogen-bond acceptors (Lipinski definition) is 3. The highest BCUT2D eigenvalue weighted by molar-refractivity contribution is 7.80. The molecule has 0 aliphatic rings. The van der Waals surface area contributed by atoms with E-state index in [9.17, 15) is 44.3 Å².